The summed E-state index contributed by atoms with van der Waals surface area (Å²) >= 11 is 3.68. The van der Waals surface area contributed by atoms with Gasteiger partial charge in [-0.3, -0.25) is 0 Å². The van der Waals surface area contributed by atoms with E-state index in [4.69, 9.17) is 0 Å². The number of fused-ring (bicyclic) bond motifs is 6. The van der Waals surface area contributed by atoms with Gasteiger partial charge in [0.15, 0.2) is 0 Å². The molecule has 4 heteroatoms. The fraction of sp³-hybridized carbons (Fsp3) is 0. The van der Waals surface area contributed by atoms with Crippen molar-refractivity contribution in [1.82, 2.24) is 0 Å². The third-order valence-electron chi connectivity index (χ3n) is 15.5. The first kappa shape index (κ1) is 46.0. The van der Waals surface area contributed by atoms with Gasteiger partial charge in [-0.1, -0.05) is 230 Å². The number of hydrogen-bond donors (Lipinski definition) is 0. The van der Waals surface area contributed by atoms with E-state index in [0.717, 1.165) is 22.5 Å². The van der Waals surface area contributed by atoms with Crippen LogP contribution in [0.1, 0.15) is 0 Å². The van der Waals surface area contributed by atoms with Gasteiger partial charge in [0.25, 0.3) is 0 Å². The van der Waals surface area contributed by atoms with Crippen molar-refractivity contribution in [2.24, 2.45) is 0 Å². The van der Waals surface area contributed by atoms with E-state index in [1.54, 1.807) is 0 Å². The molecule has 13 aromatic rings. The van der Waals surface area contributed by atoms with Crippen molar-refractivity contribution < 1.29 is 0 Å². The highest BCUT2D eigenvalue weighted by molar-refractivity contribution is 8.00. The summed E-state index contributed by atoms with van der Waals surface area (Å²) in [6, 6.07) is 107. The molecule has 0 saturated heterocycles. The summed E-state index contributed by atoms with van der Waals surface area (Å²) in [5.74, 6) is 0. The van der Waals surface area contributed by atoms with Crippen LogP contribution in [0.2, 0.25) is 0 Å². The first-order chi connectivity index (χ1) is 38.7. The van der Waals surface area contributed by atoms with Gasteiger partial charge in [-0.15, -0.1) is 0 Å². The van der Waals surface area contributed by atoms with Crippen molar-refractivity contribution in [3.05, 3.63) is 291 Å². The Bertz CT molecular complexity index is 4060. The number of nitrogens with zero attached hydrogens (tertiary/aromatic N) is 2. The summed E-state index contributed by atoms with van der Waals surface area (Å²) in [7, 11) is 0. The molecular formula is C74H48N2S2. The fourth-order valence-corrected chi connectivity index (χ4v) is 14.0. The predicted octanol–water partition coefficient (Wildman–Crippen LogP) is 21.9. The predicted molar refractivity (Wildman–Crippen MR) is 332 cm³/mol. The van der Waals surface area contributed by atoms with Crippen LogP contribution >= 0.6 is 23.5 Å². The Morgan fingerprint density at radius 1 is 0.205 bits per heavy atom. The maximum Gasteiger partial charge on any atom is 0.0601 e. The molecule has 0 atom stereocenters. The molecule has 2 nitrogen and oxygen atoms in total. The fourth-order valence-electron chi connectivity index (χ4n) is 11.9. The van der Waals surface area contributed by atoms with Gasteiger partial charge in [0.05, 0.1) is 22.7 Å². The Kier molecular flexibility index (Phi) is 11.4. The Morgan fingerprint density at radius 2 is 0.500 bits per heavy atom. The lowest BCUT2D eigenvalue weighted by atomic mass is 9.81. The van der Waals surface area contributed by atoms with Gasteiger partial charge < -0.3 is 9.80 Å². The van der Waals surface area contributed by atoms with Crippen molar-refractivity contribution in [1.29, 1.82) is 0 Å². The number of para-hydroxylation sites is 4. The second-order valence-corrected chi connectivity index (χ2v) is 22.1. The zero-order chi connectivity index (χ0) is 51.5. The second kappa shape index (κ2) is 19.4. The van der Waals surface area contributed by atoms with E-state index in [1.165, 1.54) is 120 Å². The maximum absolute atomic E-state index is 2.46. The SMILES string of the molecule is c1ccc(-c2ccccc2-c2c3ccc(-c4ccc(N5c6ccccc6Sc6ccccc65)cc4)cc3c(-c3ccccc3-c3ccccc3)c3ccc(-c4ccc(N5c6ccccc6Sc6ccccc65)cc4)cc23)cc1. The molecule has 2 aliphatic rings. The minimum atomic E-state index is 1.13. The Morgan fingerprint density at radius 3 is 0.859 bits per heavy atom. The number of hydrogen-bond acceptors (Lipinski definition) is 4. The minimum Gasteiger partial charge on any atom is -0.308 e. The molecule has 0 aromatic heterocycles. The summed E-state index contributed by atoms with van der Waals surface area (Å²) in [5, 5.41) is 4.82. The van der Waals surface area contributed by atoms with E-state index < -0.39 is 0 Å². The van der Waals surface area contributed by atoms with Crippen LogP contribution in [0.4, 0.5) is 34.1 Å². The van der Waals surface area contributed by atoms with Crippen molar-refractivity contribution in [3.63, 3.8) is 0 Å². The lowest BCUT2D eigenvalue weighted by Gasteiger charge is -2.32. The standard InChI is InChI=1S/C74H48N2S2/c1-3-19-51(20-4-1)57-23-7-9-25-59(57)73-61-45-39-54(50-37-43-56(44-38-50)76-67-29-13-17-33-71(67)78-72-34-18-14-30-68(72)76)48-64(61)74(60-26-10-8-24-58(60)52-21-5-2-6-22-52)62-46-40-53(47-63(62)73)49-35-41-55(42-36-49)75-65-27-11-15-31-69(65)77-70-32-16-12-28-66(70)75/h1-48H. The Hall–Kier alpha value is -9.32. The molecule has 0 bridgehead atoms. The molecule has 0 radical (unpaired) electrons. The van der Waals surface area contributed by atoms with Gasteiger partial charge in [-0.25, -0.2) is 0 Å². The highest BCUT2D eigenvalue weighted by atomic mass is 32.2. The first-order valence-electron chi connectivity index (χ1n) is 26.6. The minimum absolute atomic E-state index is 1.13. The molecule has 13 aromatic carbocycles. The molecule has 0 unspecified atom stereocenters. The zero-order valence-corrected chi connectivity index (χ0v) is 44.1. The van der Waals surface area contributed by atoms with E-state index in [9.17, 15) is 0 Å². The lowest BCUT2D eigenvalue weighted by molar-refractivity contribution is 1.17. The molecular weight excluding hydrogens is 981 g/mol. The third kappa shape index (κ3) is 7.91. The largest absolute Gasteiger partial charge is 0.308 e. The van der Waals surface area contributed by atoms with Crippen LogP contribution in [0, 0.1) is 0 Å². The van der Waals surface area contributed by atoms with Crippen LogP contribution in [0.15, 0.2) is 311 Å². The molecule has 15 rings (SSSR count). The van der Waals surface area contributed by atoms with Crippen molar-refractivity contribution in [3.8, 4) is 66.8 Å². The molecule has 78 heavy (non-hydrogen) atoms. The molecule has 0 aliphatic carbocycles. The zero-order valence-electron chi connectivity index (χ0n) is 42.4. The van der Waals surface area contributed by atoms with Gasteiger partial charge in [0, 0.05) is 31.0 Å². The Balaban J connectivity index is 0.945. The van der Waals surface area contributed by atoms with Crippen molar-refractivity contribution >= 4 is 79.2 Å². The van der Waals surface area contributed by atoms with Crippen molar-refractivity contribution in [2.45, 2.75) is 19.6 Å². The molecule has 2 heterocycles. The maximum atomic E-state index is 2.46. The van der Waals surface area contributed by atoms with Crippen LogP contribution < -0.4 is 9.80 Å². The van der Waals surface area contributed by atoms with Gasteiger partial charge >= 0.3 is 0 Å². The van der Waals surface area contributed by atoms with E-state index in [2.05, 4.69) is 301 Å². The number of rotatable bonds is 8. The van der Waals surface area contributed by atoms with E-state index in [-0.39, 0.29) is 0 Å². The smallest absolute Gasteiger partial charge is 0.0601 e. The molecule has 0 N–H and O–H groups in total. The second-order valence-electron chi connectivity index (χ2n) is 19.9. The number of anilines is 6. The average molecular weight is 1030 g/mol. The van der Waals surface area contributed by atoms with Crippen LogP contribution in [-0.4, -0.2) is 0 Å². The molecule has 0 saturated carbocycles. The summed E-state index contributed by atoms with van der Waals surface area (Å²) in [4.78, 5) is 9.83. The normalized spacial score (nSPS) is 12.5. The van der Waals surface area contributed by atoms with Crippen LogP contribution in [0.5, 0.6) is 0 Å². The monoisotopic (exact) mass is 1030 g/mol. The van der Waals surface area contributed by atoms with Crippen molar-refractivity contribution in [2.75, 3.05) is 9.80 Å². The van der Waals surface area contributed by atoms with Gasteiger partial charge in [-0.05, 0) is 173 Å². The van der Waals surface area contributed by atoms with E-state index in [1.807, 2.05) is 23.5 Å². The van der Waals surface area contributed by atoms with E-state index >= 15 is 0 Å². The van der Waals surface area contributed by atoms with Crippen LogP contribution in [0.3, 0.4) is 0 Å². The molecule has 0 fully saturated rings. The molecule has 0 spiro atoms. The lowest BCUT2D eigenvalue weighted by Crippen LogP contribution is -2.14. The Labute approximate surface area is 463 Å². The van der Waals surface area contributed by atoms with Gasteiger partial charge in [0.1, 0.15) is 0 Å². The number of benzene rings is 13. The van der Waals surface area contributed by atoms with Gasteiger partial charge in [0.2, 0.25) is 0 Å². The average Bonchev–Trinajstić information content (AvgIpc) is 3.67. The summed E-state index contributed by atoms with van der Waals surface area (Å²) in [5.41, 5.74) is 21.3. The molecule has 2 aliphatic heterocycles. The third-order valence-corrected chi connectivity index (χ3v) is 17.7. The molecule has 0 amide bonds. The highest BCUT2D eigenvalue weighted by Crippen LogP contribution is 2.54. The first-order valence-corrected chi connectivity index (χ1v) is 28.2. The molecule has 366 valence electrons. The summed E-state index contributed by atoms with van der Waals surface area (Å²) < 4.78 is 0. The highest BCUT2D eigenvalue weighted by Gasteiger charge is 2.27. The van der Waals surface area contributed by atoms with E-state index in [0.29, 0.717) is 0 Å². The van der Waals surface area contributed by atoms with Gasteiger partial charge in [-0.2, -0.15) is 0 Å². The summed E-state index contributed by atoms with van der Waals surface area (Å²) in [6.45, 7) is 0. The summed E-state index contributed by atoms with van der Waals surface area (Å²) in [6.07, 6.45) is 0. The van der Waals surface area contributed by atoms with Crippen LogP contribution in [0.25, 0.3) is 88.3 Å². The quantitative estimate of drug-likeness (QED) is 0.140. The van der Waals surface area contributed by atoms with Crippen LogP contribution in [-0.2, 0) is 0 Å². The topological polar surface area (TPSA) is 6.48 Å².